The Morgan fingerprint density at radius 3 is 2.34 bits per heavy atom. The molecular weight excluding hydrogens is 522 g/mol. The summed E-state index contributed by atoms with van der Waals surface area (Å²) in [4.78, 5) is 53.3. The van der Waals surface area contributed by atoms with Crippen molar-refractivity contribution in [2.75, 3.05) is 13.1 Å². The molecule has 0 radical (unpaired) electrons. The molecule has 10 nitrogen and oxygen atoms in total. The number of likely N-dealkylation sites (tertiary alicyclic amines) is 1. The van der Waals surface area contributed by atoms with Crippen molar-refractivity contribution < 1.29 is 24.3 Å². The summed E-state index contributed by atoms with van der Waals surface area (Å²) in [5.74, 6) is -1.10. The Hall–Kier alpha value is -3.40. The molecule has 0 bridgehead atoms. The van der Waals surface area contributed by atoms with Gasteiger partial charge in [-0.15, -0.1) is 0 Å². The van der Waals surface area contributed by atoms with Crippen molar-refractivity contribution in [2.45, 2.75) is 96.8 Å². The van der Waals surface area contributed by atoms with Gasteiger partial charge in [-0.05, 0) is 76.8 Å². The molecule has 1 aliphatic heterocycles. The van der Waals surface area contributed by atoms with Gasteiger partial charge >= 0.3 is 6.09 Å². The number of amides is 4. The first-order chi connectivity index (χ1) is 19.5. The Labute approximate surface area is 244 Å². The number of nitrogens with zero attached hydrogens (tertiary/aromatic N) is 1. The summed E-state index contributed by atoms with van der Waals surface area (Å²) < 4.78 is 0. The Morgan fingerprint density at radius 2 is 1.73 bits per heavy atom. The highest BCUT2D eigenvalue weighted by Gasteiger charge is 2.38. The third kappa shape index (κ3) is 11.9. The largest absolute Gasteiger partial charge is 0.465 e. The lowest BCUT2D eigenvalue weighted by molar-refractivity contribution is -0.141. The van der Waals surface area contributed by atoms with Crippen LogP contribution in [0.4, 0.5) is 4.79 Å². The van der Waals surface area contributed by atoms with Crippen LogP contribution in [-0.4, -0.2) is 71.1 Å². The van der Waals surface area contributed by atoms with Crippen LogP contribution in [0.2, 0.25) is 0 Å². The topological polar surface area (TPSA) is 154 Å². The normalized spacial score (nSPS) is 17.4. The van der Waals surface area contributed by atoms with E-state index in [2.05, 4.69) is 16.0 Å². The number of hydrogen-bond acceptors (Lipinski definition) is 5. The van der Waals surface area contributed by atoms with Crippen LogP contribution in [0.1, 0.15) is 71.8 Å². The molecule has 1 saturated heterocycles. The maximum absolute atomic E-state index is 14.0. The number of nitrogens with two attached hydrogens (primary N) is 1. The van der Waals surface area contributed by atoms with Gasteiger partial charge in [-0.25, -0.2) is 4.79 Å². The van der Waals surface area contributed by atoms with Crippen LogP contribution >= 0.6 is 0 Å². The van der Waals surface area contributed by atoms with Crippen molar-refractivity contribution in [3.63, 3.8) is 0 Å². The minimum Gasteiger partial charge on any atom is -0.465 e. The summed E-state index contributed by atoms with van der Waals surface area (Å²) in [6.45, 7) is 8.70. The molecule has 0 saturated carbocycles. The fourth-order valence-corrected chi connectivity index (χ4v) is 5.16. The molecule has 3 unspecified atom stereocenters. The zero-order valence-corrected chi connectivity index (χ0v) is 25.0. The monoisotopic (exact) mass is 571 g/mol. The quantitative estimate of drug-likeness (QED) is 0.152. The minimum absolute atomic E-state index is 0.0679. The lowest BCUT2D eigenvalue weighted by Gasteiger charge is -2.29. The zero-order chi connectivity index (χ0) is 30.4. The first kappa shape index (κ1) is 33.8. The zero-order valence-electron chi connectivity index (χ0n) is 25.0. The Kier molecular flexibility index (Phi) is 14.4. The fourth-order valence-electron chi connectivity index (χ4n) is 5.16. The Morgan fingerprint density at radius 1 is 1.02 bits per heavy atom. The van der Waals surface area contributed by atoms with E-state index in [9.17, 15) is 24.3 Å². The molecule has 4 amide bonds. The van der Waals surface area contributed by atoms with Crippen LogP contribution in [0.3, 0.4) is 0 Å². The van der Waals surface area contributed by atoms with Gasteiger partial charge in [0, 0.05) is 12.6 Å². The molecule has 2 rings (SSSR count). The van der Waals surface area contributed by atoms with Crippen molar-refractivity contribution in [3.8, 4) is 0 Å². The van der Waals surface area contributed by atoms with E-state index < -0.39 is 30.1 Å². The number of unbranched alkanes of at least 4 members (excludes halogenated alkanes) is 1. The predicted molar refractivity (Wildman–Crippen MR) is 160 cm³/mol. The van der Waals surface area contributed by atoms with E-state index >= 15 is 0 Å². The molecule has 228 valence electrons. The maximum Gasteiger partial charge on any atom is 0.405 e. The van der Waals surface area contributed by atoms with Crippen LogP contribution in [0, 0.1) is 11.8 Å². The molecule has 0 aliphatic carbocycles. The van der Waals surface area contributed by atoms with Crippen LogP contribution < -0.4 is 21.7 Å². The summed E-state index contributed by atoms with van der Waals surface area (Å²) >= 11 is 0. The third-order valence-corrected chi connectivity index (χ3v) is 7.07. The molecule has 1 aliphatic rings. The maximum atomic E-state index is 14.0. The molecule has 6 N–H and O–H groups in total. The number of carbonyl (C=O) groups excluding carboxylic acids is 3. The number of benzene rings is 1. The molecule has 4 atom stereocenters. The first-order valence-electron chi connectivity index (χ1n) is 14.8. The van der Waals surface area contributed by atoms with E-state index in [1.165, 1.54) is 0 Å². The highest BCUT2D eigenvalue weighted by atomic mass is 16.4. The van der Waals surface area contributed by atoms with Gasteiger partial charge in [-0.2, -0.15) is 0 Å². The van der Waals surface area contributed by atoms with Crippen LogP contribution in [0.15, 0.2) is 42.5 Å². The standard InChI is InChI=1S/C31H49N5O5/c1-21(2)19-25(34-31(40)41)16-15-24(20-23-11-6-5-7-12-23)30(39)36-18-10-14-27(36)29(38)35-26(13-8-9-17-32)28(37)33-22(3)4/h5-7,11-12,15-16,21-22,24-27,34H,8-10,13-14,17-20,32H2,1-4H3,(H,33,37)(H,35,38)(H,40,41)/b16-15+/t24?,25?,26?,27-/m0/s1. The average molecular weight is 572 g/mol. The average Bonchev–Trinajstić information content (AvgIpc) is 3.40. The van der Waals surface area contributed by atoms with Crippen molar-refractivity contribution in [2.24, 2.45) is 17.6 Å². The summed E-state index contributed by atoms with van der Waals surface area (Å²) in [6, 6.07) is 7.73. The summed E-state index contributed by atoms with van der Waals surface area (Å²) in [7, 11) is 0. The van der Waals surface area contributed by atoms with E-state index in [0.29, 0.717) is 51.6 Å². The van der Waals surface area contributed by atoms with E-state index in [-0.39, 0.29) is 29.7 Å². The van der Waals surface area contributed by atoms with Gasteiger partial charge in [0.25, 0.3) is 0 Å². The number of nitrogens with one attached hydrogen (secondary N) is 3. The molecule has 1 heterocycles. The highest BCUT2D eigenvalue weighted by Crippen LogP contribution is 2.24. The minimum atomic E-state index is -1.12. The second-order valence-corrected chi connectivity index (χ2v) is 11.6. The fraction of sp³-hybridized carbons (Fsp3) is 0.613. The van der Waals surface area contributed by atoms with Gasteiger partial charge in [0.05, 0.1) is 12.0 Å². The molecule has 1 fully saturated rings. The van der Waals surface area contributed by atoms with E-state index in [4.69, 9.17) is 5.73 Å². The molecule has 0 spiro atoms. The number of carbonyl (C=O) groups is 4. The number of carboxylic acid groups (broad SMARTS) is 1. The van der Waals surface area contributed by atoms with Crippen molar-refractivity contribution >= 4 is 23.8 Å². The smallest absolute Gasteiger partial charge is 0.405 e. The second-order valence-electron chi connectivity index (χ2n) is 11.6. The Bertz CT molecular complexity index is 1010. The van der Waals surface area contributed by atoms with Crippen molar-refractivity contribution in [3.05, 3.63) is 48.0 Å². The Balaban J connectivity index is 2.26. The molecule has 1 aromatic rings. The number of rotatable bonds is 16. The molecule has 0 aromatic heterocycles. The van der Waals surface area contributed by atoms with Crippen LogP contribution in [-0.2, 0) is 20.8 Å². The summed E-state index contributed by atoms with van der Waals surface area (Å²) in [5.41, 5.74) is 6.59. The van der Waals surface area contributed by atoms with E-state index in [0.717, 1.165) is 12.0 Å². The molecule has 10 heteroatoms. The summed E-state index contributed by atoms with van der Waals surface area (Å²) in [5, 5.41) is 17.6. The van der Waals surface area contributed by atoms with E-state index in [1.807, 2.05) is 58.0 Å². The van der Waals surface area contributed by atoms with Gasteiger partial charge < -0.3 is 31.7 Å². The SMILES string of the molecule is CC(C)CC(/C=C/C(Cc1ccccc1)C(=O)N1CCC[C@H]1C(=O)NC(CCCCN)C(=O)NC(C)C)NC(=O)O. The van der Waals surface area contributed by atoms with Crippen LogP contribution in [0.25, 0.3) is 0 Å². The van der Waals surface area contributed by atoms with Crippen molar-refractivity contribution in [1.29, 1.82) is 0 Å². The molecular formula is C31H49N5O5. The van der Waals surface area contributed by atoms with Gasteiger partial charge in [-0.1, -0.05) is 56.3 Å². The highest BCUT2D eigenvalue weighted by molar-refractivity contribution is 5.93. The van der Waals surface area contributed by atoms with Gasteiger partial charge in [0.15, 0.2) is 0 Å². The van der Waals surface area contributed by atoms with E-state index in [1.54, 1.807) is 17.1 Å². The van der Waals surface area contributed by atoms with Gasteiger partial charge in [0.1, 0.15) is 12.1 Å². The van der Waals surface area contributed by atoms with Gasteiger partial charge in [-0.3, -0.25) is 14.4 Å². The van der Waals surface area contributed by atoms with Crippen molar-refractivity contribution in [1.82, 2.24) is 20.9 Å². The van der Waals surface area contributed by atoms with Gasteiger partial charge in [0.2, 0.25) is 17.7 Å². The lowest BCUT2D eigenvalue weighted by Crippen LogP contribution is -2.54. The molecule has 41 heavy (non-hydrogen) atoms. The van der Waals surface area contributed by atoms with Crippen LogP contribution in [0.5, 0.6) is 0 Å². The second kappa shape index (κ2) is 17.4. The lowest BCUT2D eigenvalue weighted by atomic mass is 9.95. The predicted octanol–water partition coefficient (Wildman–Crippen LogP) is 3.21. The number of hydrogen-bond donors (Lipinski definition) is 5. The first-order valence-corrected chi connectivity index (χ1v) is 14.8. The summed E-state index contributed by atoms with van der Waals surface area (Å²) in [6.07, 6.45) is 6.53. The third-order valence-electron chi connectivity index (χ3n) is 7.07. The molecule has 1 aromatic carbocycles.